The molecule has 0 saturated carbocycles. The SMILES string of the molecule is CCCN(CCCCCO)CCCCCCOC(C)=O. The molecule has 0 amide bonds. The zero-order valence-electron chi connectivity index (χ0n) is 13.4. The lowest BCUT2D eigenvalue weighted by molar-refractivity contribution is -0.141. The van der Waals surface area contributed by atoms with E-state index < -0.39 is 0 Å². The van der Waals surface area contributed by atoms with E-state index in [1.165, 1.54) is 45.7 Å². The van der Waals surface area contributed by atoms with Gasteiger partial charge in [-0.25, -0.2) is 0 Å². The molecule has 0 fully saturated rings. The average Bonchev–Trinajstić information content (AvgIpc) is 2.42. The van der Waals surface area contributed by atoms with E-state index in [0.29, 0.717) is 13.2 Å². The number of unbranched alkanes of at least 4 members (excludes halogenated alkanes) is 5. The summed E-state index contributed by atoms with van der Waals surface area (Å²) in [6.07, 6.45) is 8.98. The van der Waals surface area contributed by atoms with E-state index in [9.17, 15) is 4.79 Å². The molecule has 0 bridgehead atoms. The average molecular weight is 287 g/mol. The van der Waals surface area contributed by atoms with Crippen LogP contribution in [-0.4, -0.2) is 48.8 Å². The van der Waals surface area contributed by atoms with Gasteiger partial charge in [-0.05, 0) is 58.2 Å². The number of ether oxygens (including phenoxy) is 1. The number of nitrogens with zero attached hydrogens (tertiary/aromatic N) is 1. The smallest absolute Gasteiger partial charge is 0.302 e. The van der Waals surface area contributed by atoms with Crippen LogP contribution in [0.4, 0.5) is 0 Å². The van der Waals surface area contributed by atoms with E-state index in [2.05, 4.69) is 11.8 Å². The summed E-state index contributed by atoms with van der Waals surface area (Å²) < 4.78 is 4.91. The lowest BCUT2D eigenvalue weighted by atomic mass is 10.1. The first kappa shape index (κ1) is 19.4. The van der Waals surface area contributed by atoms with Gasteiger partial charge in [0, 0.05) is 13.5 Å². The zero-order valence-corrected chi connectivity index (χ0v) is 13.4. The van der Waals surface area contributed by atoms with Gasteiger partial charge in [0.25, 0.3) is 0 Å². The molecular weight excluding hydrogens is 254 g/mol. The quantitative estimate of drug-likeness (QED) is 0.394. The summed E-state index contributed by atoms with van der Waals surface area (Å²) >= 11 is 0. The third kappa shape index (κ3) is 13.8. The van der Waals surface area contributed by atoms with Crippen LogP contribution < -0.4 is 0 Å². The standard InChI is InChI=1S/C16H33NO3/c1-3-11-17(13-8-6-9-14-18)12-7-4-5-10-15-20-16(2)19/h18H,3-15H2,1-2H3. The van der Waals surface area contributed by atoms with Gasteiger partial charge in [0.2, 0.25) is 0 Å². The van der Waals surface area contributed by atoms with Gasteiger partial charge in [-0.15, -0.1) is 0 Å². The van der Waals surface area contributed by atoms with Crippen molar-refractivity contribution in [1.29, 1.82) is 0 Å². The number of carbonyl (C=O) groups is 1. The Morgan fingerprint density at radius 1 is 0.950 bits per heavy atom. The Morgan fingerprint density at radius 2 is 1.55 bits per heavy atom. The summed E-state index contributed by atoms with van der Waals surface area (Å²) in [5, 5.41) is 8.77. The monoisotopic (exact) mass is 287 g/mol. The number of hydrogen-bond donors (Lipinski definition) is 1. The summed E-state index contributed by atoms with van der Waals surface area (Å²) in [6.45, 7) is 8.05. The molecule has 1 N–H and O–H groups in total. The minimum atomic E-state index is -0.179. The summed E-state index contributed by atoms with van der Waals surface area (Å²) in [5.74, 6) is -0.179. The van der Waals surface area contributed by atoms with E-state index in [-0.39, 0.29) is 5.97 Å². The predicted octanol–water partition coefficient (Wildman–Crippen LogP) is 2.98. The normalized spacial score (nSPS) is 11.0. The summed E-state index contributed by atoms with van der Waals surface area (Å²) in [7, 11) is 0. The zero-order chi connectivity index (χ0) is 15.1. The van der Waals surface area contributed by atoms with Crippen LogP contribution in [0.15, 0.2) is 0 Å². The van der Waals surface area contributed by atoms with Crippen molar-refractivity contribution in [2.24, 2.45) is 0 Å². The molecule has 0 aromatic carbocycles. The summed E-state index contributed by atoms with van der Waals surface area (Å²) in [4.78, 5) is 13.1. The van der Waals surface area contributed by atoms with Gasteiger partial charge < -0.3 is 14.7 Å². The molecule has 0 unspecified atom stereocenters. The van der Waals surface area contributed by atoms with Gasteiger partial charge in [-0.1, -0.05) is 19.8 Å². The summed E-state index contributed by atoms with van der Waals surface area (Å²) in [5.41, 5.74) is 0. The Morgan fingerprint density at radius 3 is 2.10 bits per heavy atom. The maximum absolute atomic E-state index is 10.6. The number of aliphatic hydroxyl groups is 1. The van der Waals surface area contributed by atoms with Crippen molar-refractivity contribution >= 4 is 5.97 Å². The second kappa shape index (κ2) is 14.8. The molecule has 4 heteroatoms. The Balaban J connectivity index is 3.47. The third-order valence-corrected chi connectivity index (χ3v) is 3.35. The number of aliphatic hydroxyl groups excluding tert-OH is 1. The molecule has 20 heavy (non-hydrogen) atoms. The highest BCUT2D eigenvalue weighted by atomic mass is 16.5. The molecule has 0 aliphatic carbocycles. The van der Waals surface area contributed by atoms with Crippen molar-refractivity contribution in [2.45, 2.75) is 65.2 Å². The molecule has 4 nitrogen and oxygen atoms in total. The second-order valence-corrected chi connectivity index (χ2v) is 5.38. The van der Waals surface area contributed by atoms with Crippen molar-refractivity contribution in [3.05, 3.63) is 0 Å². The molecule has 0 aromatic heterocycles. The maximum Gasteiger partial charge on any atom is 0.302 e. The topological polar surface area (TPSA) is 49.8 Å². The highest BCUT2D eigenvalue weighted by Crippen LogP contribution is 2.05. The fourth-order valence-corrected chi connectivity index (χ4v) is 2.28. The molecule has 0 atom stereocenters. The van der Waals surface area contributed by atoms with Crippen molar-refractivity contribution in [2.75, 3.05) is 32.8 Å². The number of carbonyl (C=O) groups excluding carboxylic acids is 1. The lowest BCUT2D eigenvalue weighted by Crippen LogP contribution is -2.27. The van der Waals surface area contributed by atoms with E-state index in [1.807, 2.05) is 0 Å². The van der Waals surface area contributed by atoms with E-state index in [0.717, 1.165) is 32.2 Å². The van der Waals surface area contributed by atoms with Crippen LogP contribution in [-0.2, 0) is 9.53 Å². The van der Waals surface area contributed by atoms with Crippen LogP contribution in [0.25, 0.3) is 0 Å². The minimum absolute atomic E-state index is 0.179. The number of hydrogen-bond acceptors (Lipinski definition) is 4. The lowest BCUT2D eigenvalue weighted by Gasteiger charge is -2.21. The molecule has 120 valence electrons. The highest BCUT2D eigenvalue weighted by Gasteiger charge is 2.03. The predicted molar refractivity (Wildman–Crippen MR) is 82.8 cm³/mol. The highest BCUT2D eigenvalue weighted by molar-refractivity contribution is 5.65. The van der Waals surface area contributed by atoms with Crippen LogP contribution in [0, 0.1) is 0 Å². The maximum atomic E-state index is 10.6. The minimum Gasteiger partial charge on any atom is -0.466 e. The fraction of sp³-hybridized carbons (Fsp3) is 0.938. The van der Waals surface area contributed by atoms with Gasteiger partial charge in [-0.2, -0.15) is 0 Å². The number of esters is 1. The molecule has 0 aliphatic rings. The first-order valence-electron chi connectivity index (χ1n) is 8.17. The van der Waals surface area contributed by atoms with Crippen LogP contribution in [0.3, 0.4) is 0 Å². The molecule has 0 rings (SSSR count). The van der Waals surface area contributed by atoms with Crippen LogP contribution >= 0.6 is 0 Å². The Bertz CT molecular complexity index is 222. The van der Waals surface area contributed by atoms with Crippen LogP contribution in [0.5, 0.6) is 0 Å². The van der Waals surface area contributed by atoms with Gasteiger partial charge in [-0.3, -0.25) is 4.79 Å². The molecular formula is C16H33NO3. The molecule has 0 spiro atoms. The van der Waals surface area contributed by atoms with Crippen LogP contribution in [0.1, 0.15) is 65.2 Å². The van der Waals surface area contributed by atoms with Gasteiger partial charge in [0.1, 0.15) is 0 Å². The molecule has 0 radical (unpaired) electrons. The Kier molecular flexibility index (Phi) is 14.3. The Labute approximate surface area is 124 Å². The van der Waals surface area contributed by atoms with Gasteiger partial charge >= 0.3 is 5.97 Å². The fourth-order valence-electron chi connectivity index (χ4n) is 2.28. The van der Waals surface area contributed by atoms with Crippen molar-refractivity contribution < 1.29 is 14.6 Å². The summed E-state index contributed by atoms with van der Waals surface area (Å²) in [6, 6.07) is 0. The Hall–Kier alpha value is -0.610. The first-order chi connectivity index (χ1) is 9.70. The van der Waals surface area contributed by atoms with Gasteiger partial charge in [0.05, 0.1) is 6.61 Å². The third-order valence-electron chi connectivity index (χ3n) is 3.35. The van der Waals surface area contributed by atoms with E-state index in [4.69, 9.17) is 9.84 Å². The largest absolute Gasteiger partial charge is 0.466 e. The van der Waals surface area contributed by atoms with E-state index in [1.54, 1.807) is 0 Å². The molecule has 0 aromatic rings. The van der Waals surface area contributed by atoms with Gasteiger partial charge in [0.15, 0.2) is 0 Å². The molecule has 0 heterocycles. The van der Waals surface area contributed by atoms with Crippen LogP contribution in [0.2, 0.25) is 0 Å². The molecule has 0 aliphatic heterocycles. The van der Waals surface area contributed by atoms with E-state index >= 15 is 0 Å². The first-order valence-corrected chi connectivity index (χ1v) is 8.17. The van der Waals surface area contributed by atoms with Crippen molar-refractivity contribution in [1.82, 2.24) is 4.90 Å². The van der Waals surface area contributed by atoms with Crippen molar-refractivity contribution in [3.8, 4) is 0 Å². The van der Waals surface area contributed by atoms with Crippen molar-refractivity contribution in [3.63, 3.8) is 0 Å². The molecule has 0 saturated heterocycles. The second-order valence-electron chi connectivity index (χ2n) is 5.38. The number of rotatable bonds is 14.